The van der Waals surface area contributed by atoms with Gasteiger partial charge in [0.1, 0.15) is 21.9 Å². The van der Waals surface area contributed by atoms with E-state index < -0.39 is 17.3 Å². The summed E-state index contributed by atoms with van der Waals surface area (Å²) in [5.41, 5.74) is 2.61. The van der Waals surface area contributed by atoms with E-state index in [0.717, 1.165) is 21.8 Å². The Kier molecular flexibility index (Phi) is 6.18. The molecule has 0 saturated carbocycles. The van der Waals surface area contributed by atoms with Crippen LogP contribution in [0, 0.1) is 19.7 Å². The number of imidazole rings is 1. The van der Waals surface area contributed by atoms with Gasteiger partial charge in [-0.25, -0.2) is 14.2 Å². The van der Waals surface area contributed by atoms with Gasteiger partial charge in [-0.1, -0.05) is 0 Å². The quantitative estimate of drug-likeness (QED) is 0.545. The molecule has 9 heteroatoms. The number of rotatable bonds is 3. The van der Waals surface area contributed by atoms with Crippen LogP contribution in [0.25, 0.3) is 5.65 Å². The van der Waals surface area contributed by atoms with E-state index in [-0.39, 0.29) is 16.9 Å². The molecule has 1 saturated heterocycles. The normalized spacial score (nSPS) is 15.2. The van der Waals surface area contributed by atoms with Crippen molar-refractivity contribution in [2.75, 3.05) is 18.4 Å². The number of ether oxygens (including phenoxy) is 1. The summed E-state index contributed by atoms with van der Waals surface area (Å²) in [4.78, 5) is 32.1. The van der Waals surface area contributed by atoms with Gasteiger partial charge >= 0.3 is 6.09 Å². The van der Waals surface area contributed by atoms with Crippen molar-refractivity contribution in [2.24, 2.45) is 0 Å². The third kappa shape index (κ3) is 5.19. The predicted octanol–water partition coefficient (Wildman–Crippen LogP) is 5.52. The van der Waals surface area contributed by atoms with E-state index in [1.807, 2.05) is 51.3 Å². The third-order valence-corrected chi connectivity index (χ3v) is 6.90. The van der Waals surface area contributed by atoms with Gasteiger partial charge in [0.05, 0.1) is 11.4 Å². The molecule has 0 spiro atoms. The zero-order valence-electron chi connectivity index (χ0n) is 19.6. The summed E-state index contributed by atoms with van der Waals surface area (Å²) in [5.74, 6) is -0.870. The number of anilines is 1. The summed E-state index contributed by atoms with van der Waals surface area (Å²) in [6, 6.07) is 3.35. The Balaban J connectivity index is 1.43. The van der Waals surface area contributed by atoms with E-state index in [4.69, 9.17) is 4.74 Å². The zero-order valence-corrected chi connectivity index (χ0v) is 20.4. The Morgan fingerprint density at radius 2 is 1.88 bits per heavy atom. The Bertz CT molecular complexity index is 1200. The Morgan fingerprint density at radius 3 is 2.55 bits per heavy atom. The van der Waals surface area contributed by atoms with Gasteiger partial charge in [0.2, 0.25) is 0 Å². The van der Waals surface area contributed by atoms with Gasteiger partial charge in [-0.15, -0.1) is 11.3 Å². The molecule has 33 heavy (non-hydrogen) atoms. The number of likely N-dealkylation sites (tertiary alicyclic amines) is 1. The molecule has 4 rings (SSSR count). The Hall–Kier alpha value is -2.94. The van der Waals surface area contributed by atoms with Crippen LogP contribution in [-0.2, 0) is 4.74 Å². The van der Waals surface area contributed by atoms with Gasteiger partial charge in [-0.05, 0) is 71.1 Å². The van der Waals surface area contributed by atoms with Gasteiger partial charge in [-0.3, -0.25) is 4.79 Å². The second-order valence-corrected chi connectivity index (χ2v) is 10.6. The molecular weight excluding hydrogens is 443 g/mol. The second kappa shape index (κ2) is 8.78. The minimum absolute atomic E-state index is 0.0703. The molecule has 1 N–H and O–H groups in total. The molecule has 3 aromatic rings. The predicted molar refractivity (Wildman–Crippen MR) is 127 cm³/mol. The first-order valence-electron chi connectivity index (χ1n) is 11.0. The molecule has 1 aliphatic heterocycles. The number of carbonyl (C=O) groups is 2. The number of thiophene rings is 1. The summed E-state index contributed by atoms with van der Waals surface area (Å²) in [5, 5.41) is 2.84. The van der Waals surface area contributed by atoms with Crippen LogP contribution < -0.4 is 5.32 Å². The van der Waals surface area contributed by atoms with Gasteiger partial charge in [0.25, 0.3) is 5.91 Å². The van der Waals surface area contributed by atoms with Crippen LogP contribution in [0.3, 0.4) is 0 Å². The number of hydrogen-bond acceptors (Lipinski definition) is 5. The van der Waals surface area contributed by atoms with E-state index in [0.29, 0.717) is 31.6 Å². The van der Waals surface area contributed by atoms with Crippen molar-refractivity contribution in [3.63, 3.8) is 0 Å². The molecule has 2 amide bonds. The minimum atomic E-state index is -0.535. The lowest BCUT2D eigenvalue weighted by molar-refractivity contribution is 0.0205. The standard InChI is InChI=1S/C24H29FN4O3S/c1-14-10-20-26-15(2)12-29(20)13-18(14)27-22(30)21-17(25)11-19(33-21)16-6-8-28(9-7-16)23(31)32-24(3,4)5/h10-13,16H,6-9H2,1-5H3,(H,27,30). The molecule has 0 atom stereocenters. The van der Waals surface area contributed by atoms with Crippen molar-refractivity contribution in [3.05, 3.63) is 51.4 Å². The summed E-state index contributed by atoms with van der Waals surface area (Å²) >= 11 is 1.19. The SMILES string of the molecule is Cc1cn2cc(NC(=O)c3sc(C4CCN(C(=O)OC(C)(C)C)CC4)cc3F)c(C)cc2n1. The third-order valence-electron chi connectivity index (χ3n) is 5.63. The highest BCUT2D eigenvalue weighted by Gasteiger charge is 2.29. The van der Waals surface area contributed by atoms with Crippen LogP contribution in [-0.4, -0.2) is 45.0 Å². The van der Waals surface area contributed by atoms with Crippen LogP contribution in [0.2, 0.25) is 0 Å². The molecule has 1 aliphatic rings. The number of nitrogens with zero attached hydrogens (tertiary/aromatic N) is 3. The van der Waals surface area contributed by atoms with E-state index in [1.165, 1.54) is 17.4 Å². The fourth-order valence-electron chi connectivity index (χ4n) is 3.98. The molecule has 3 aromatic heterocycles. The number of halogens is 1. The fourth-order valence-corrected chi connectivity index (χ4v) is 5.08. The second-order valence-electron chi connectivity index (χ2n) is 9.54. The molecule has 0 bridgehead atoms. The van der Waals surface area contributed by atoms with Crippen molar-refractivity contribution < 1.29 is 18.7 Å². The van der Waals surface area contributed by atoms with Crippen molar-refractivity contribution in [3.8, 4) is 0 Å². The highest BCUT2D eigenvalue weighted by Crippen LogP contribution is 2.35. The topological polar surface area (TPSA) is 75.9 Å². The van der Waals surface area contributed by atoms with Crippen molar-refractivity contribution in [2.45, 2.75) is 59.0 Å². The summed E-state index contributed by atoms with van der Waals surface area (Å²) < 4.78 is 22.0. The highest BCUT2D eigenvalue weighted by molar-refractivity contribution is 7.14. The van der Waals surface area contributed by atoms with Crippen LogP contribution in [0.5, 0.6) is 0 Å². The smallest absolute Gasteiger partial charge is 0.410 e. The molecule has 0 unspecified atom stereocenters. The molecule has 4 heterocycles. The van der Waals surface area contributed by atoms with Gasteiger partial charge in [-0.2, -0.15) is 0 Å². The number of hydrogen-bond donors (Lipinski definition) is 1. The van der Waals surface area contributed by atoms with Crippen LogP contribution >= 0.6 is 11.3 Å². The van der Waals surface area contributed by atoms with Crippen LogP contribution in [0.15, 0.2) is 24.5 Å². The van der Waals surface area contributed by atoms with E-state index in [1.54, 1.807) is 11.1 Å². The zero-order chi connectivity index (χ0) is 23.9. The maximum absolute atomic E-state index is 14.7. The fraction of sp³-hybridized carbons (Fsp3) is 0.458. The highest BCUT2D eigenvalue weighted by atomic mass is 32.1. The number of piperidine rings is 1. The van der Waals surface area contributed by atoms with Crippen LogP contribution in [0.1, 0.15) is 65.3 Å². The molecule has 0 radical (unpaired) electrons. The van der Waals surface area contributed by atoms with Gasteiger partial charge < -0.3 is 19.4 Å². The molecule has 176 valence electrons. The number of aryl methyl sites for hydroxylation is 2. The Morgan fingerprint density at radius 1 is 1.18 bits per heavy atom. The van der Waals surface area contributed by atoms with E-state index in [9.17, 15) is 14.0 Å². The summed E-state index contributed by atoms with van der Waals surface area (Å²) in [6.07, 6.45) is 4.75. The summed E-state index contributed by atoms with van der Waals surface area (Å²) in [7, 11) is 0. The first kappa shape index (κ1) is 23.2. The van der Waals surface area contributed by atoms with Crippen molar-refractivity contribution >= 4 is 34.7 Å². The molecule has 1 fully saturated rings. The molecular formula is C24H29FN4O3S. The first-order valence-corrected chi connectivity index (χ1v) is 11.9. The molecule has 7 nitrogen and oxygen atoms in total. The average Bonchev–Trinajstić information content (AvgIpc) is 3.28. The average molecular weight is 473 g/mol. The van der Waals surface area contributed by atoms with Crippen LogP contribution in [0.4, 0.5) is 14.9 Å². The van der Waals surface area contributed by atoms with Gasteiger partial charge in [0.15, 0.2) is 0 Å². The maximum Gasteiger partial charge on any atom is 0.410 e. The van der Waals surface area contributed by atoms with E-state index >= 15 is 0 Å². The lowest BCUT2D eigenvalue weighted by atomic mass is 9.95. The number of nitrogens with one attached hydrogen (secondary N) is 1. The number of aromatic nitrogens is 2. The number of carbonyl (C=O) groups excluding carboxylic acids is 2. The minimum Gasteiger partial charge on any atom is -0.444 e. The lowest BCUT2D eigenvalue weighted by Crippen LogP contribution is -2.41. The number of amides is 2. The molecule has 0 aromatic carbocycles. The maximum atomic E-state index is 14.7. The Labute approximate surface area is 196 Å². The largest absolute Gasteiger partial charge is 0.444 e. The number of fused-ring (bicyclic) bond motifs is 1. The van der Waals surface area contributed by atoms with Crippen molar-refractivity contribution in [1.82, 2.24) is 14.3 Å². The first-order chi connectivity index (χ1) is 15.5. The monoisotopic (exact) mass is 472 g/mol. The molecule has 0 aliphatic carbocycles. The lowest BCUT2D eigenvalue weighted by Gasteiger charge is -2.33. The summed E-state index contributed by atoms with van der Waals surface area (Å²) in [6.45, 7) is 10.4. The van der Waals surface area contributed by atoms with Gasteiger partial charge in [0, 0.05) is 30.4 Å². The van der Waals surface area contributed by atoms with E-state index in [2.05, 4.69) is 10.3 Å². The number of pyridine rings is 1. The van der Waals surface area contributed by atoms with Crippen molar-refractivity contribution in [1.29, 1.82) is 0 Å².